The average molecular weight is 892 g/mol. The van der Waals surface area contributed by atoms with Crippen molar-refractivity contribution in [2.24, 2.45) is 0 Å². The van der Waals surface area contributed by atoms with Crippen LogP contribution in [0.1, 0.15) is 91.6 Å². The van der Waals surface area contributed by atoms with Crippen LogP contribution in [0.4, 0.5) is 17.1 Å². The Hall–Kier alpha value is -7.62. The largest absolute Gasteiger partial charge is 0.455 e. The van der Waals surface area contributed by atoms with E-state index in [-0.39, 0.29) is 16.2 Å². The van der Waals surface area contributed by atoms with Crippen molar-refractivity contribution in [3.63, 3.8) is 0 Å². The van der Waals surface area contributed by atoms with Crippen LogP contribution in [-0.4, -0.2) is 0 Å². The van der Waals surface area contributed by atoms with Gasteiger partial charge in [0.1, 0.15) is 22.3 Å². The first-order chi connectivity index (χ1) is 33.2. The number of anilines is 3. The number of furan rings is 2. The average Bonchev–Trinajstić information content (AvgIpc) is 4.08. The van der Waals surface area contributed by atoms with Gasteiger partial charge in [-0.25, -0.2) is 0 Å². The molecule has 2 heterocycles. The standard InChI is InChI=1S/C66H53NO2/c1-36-17-16-18-39(30-36)48-35-52-55(57-46-20-11-14-23-53(46)68-62(48)57)44-27-25-40(33-50(44)64(52,4)5)67(42-31-37(2)29-38(3)32-42)41-26-28-45-51(34-41)66(8,9)61-59(45)63-58(47-21-12-15-24-54(47)69-63)56-43-19-10-13-22-49(43)65(6,7)60(56)61/h10-35H,1-9H3. The lowest BCUT2D eigenvalue weighted by atomic mass is 9.72. The summed E-state index contributed by atoms with van der Waals surface area (Å²) < 4.78 is 13.9. The van der Waals surface area contributed by atoms with Gasteiger partial charge in [0.2, 0.25) is 0 Å². The number of benzene rings is 9. The quantitative estimate of drug-likeness (QED) is 0.176. The number of fused-ring (bicyclic) bond motifs is 19. The fourth-order valence-corrected chi connectivity index (χ4v) is 13.4. The van der Waals surface area contributed by atoms with Crippen molar-refractivity contribution in [1.82, 2.24) is 0 Å². The first kappa shape index (κ1) is 40.4. The first-order valence-corrected chi connectivity index (χ1v) is 24.6. The van der Waals surface area contributed by atoms with Gasteiger partial charge in [-0.15, -0.1) is 0 Å². The topological polar surface area (TPSA) is 29.5 Å². The summed E-state index contributed by atoms with van der Waals surface area (Å²) in [4.78, 5) is 2.50. The zero-order chi connectivity index (χ0) is 47.0. The van der Waals surface area contributed by atoms with E-state index in [0.717, 1.165) is 50.3 Å². The van der Waals surface area contributed by atoms with Crippen molar-refractivity contribution in [3.05, 3.63) is 208 Å². The van der Waals surface area contributed by atoms with Crippen LogP contribution < -0.4 is 4.90 Å². The highest BCUT2D eigenvalue weighted by Gasteiger charge is 2.49. The molecule has 3 aliphatic rings. The highest BCUT2D eigenvalue weighted by molar-refractivity contribution is 6.21. The van der Waals surface area contributed by atoms with E-state index in [1.54, 1.807) is 0 Å². The number of nitrogens with zero attached hydrogens (tertiary/aromatic N) is 1. The molecule has 3 nitrogen and oxygen atoms in total. The third-order valence-corrected chi connectivity index (χ3v) is 16.5. The molecule has 9 aromatic carbocycles. The summed E-state index contributed by atoms with van der Waals surface area (Å²) in [6.07, 6.45) is 0. The second kappa shape index (κ2) is 13.5. The summed E-state index contributed by atoms with van der Waals surface area (Å²) in [5, 5.41) is 4.76. The molecular formula is C66H53NO2. The smallest absolute Gasteiger partial charge is 0.144 e. The molecule has 0 fully saturated rings. The van der Waals surface area contributed by atoms with E-state index in [1.165, 1.54) is 105 Å². The van der Waals surface area contributed by atoms with E-state index < -0.39 is 0 Å². The molecule has 0 saturated heterocycles. The molecule has 3 heteroatoms. The number of rotatable bonds is 4. The number of hydrogen-bond donors (Lipinski definition) is 0. The minimum atomic E-state index is -0.333. The lowest BCUT2D eigenvalue weighted by Gasteiger charge is -2.32. The molecular weight excluding hydrogens is 839 g/mol. The minimum absolute atomic E-state index is 0.209. The summed E-state index contributed by atoms with van der Waals surface area (Å²) in [6.45, 7) is 21.1. The normalized spacial score (nSPS) is 15.4. The lowest BCUT2D eigenvalue weighted by Crippen LogP contribution is -2.24. The summed E-state index contributed by atoms with van der Waals surface area (Å²) in [7, 11) is 0. The molecule has 69 heavy (non-hydrogen) atoms. The van der Waals surface area contributed by atoms with E-state index in [1.807, 2.05) is 0 Å². The van der Waals surface area contributed by atoms with Crippen LogP contribution >= 0.6 is 0 Å². The maximum atomic E-state index is 7.05. The zero-order valence-electron chi connectivity index (χ0n) is 40.8. The van der Waals surface area contributed by atoms with Gasteiger partial charge in [-0.2, -0.15) is 0 Å². The highest BCUT2D eigenvalue weighted by Crippen LogP contribution is 2.64. The maximum Gasteiger partial charge on any atom is 0.144 e. The van der Waals surface area contributed by atoms with Crippen molar-refractivity contribution < 1.29 is 8.83 Å². The molecule has 0 N–H and O–H groups in total. The third kappa shape index (κ3) is 5.28. The molecule has 0 radical (unpaired) electrons. The molecule has 0 saturated carbocycles. The van der Waals surface area contributed by atoms with Gasteiger partial charge in [0, 0.05) is 66.0 Å². The van der Waals surface area contributed by atoms with Gasteiger partial charge in [0.05, 0.1) is 0 Å². The van der Waals surface area contributed by atoms with Crippen LogP contribution in [0.5, 0.6) is 0 Å². The van der Waals surface area contributed by atoms with Gasteiger partial charge in [-0.05, 0) is 153 Å². The number of hydrogen-bond acceptors (Lipinski definition) is 3. The summed E-state index contributed by atoms with van der Waals surface area (Å²) in [5.74, 6) is 0. The van der Waals surface area contributed by atoms with E-state index in [4.69, 9.17) is 8.83 Å². The SMILES string of the molecule is Cc1cccc(-c2cc3c(c4c2oc2ccccc24)-c2ccc(N(c4cc(C)cc(C)c4)c4ccc5c(c4)C(C)(C)c4c6c(c7c(oc8ccccc87)c4-5)-c4ccccc4C6(C)C)cc2C3(C)C)c1. The first-order valence-electron chi connectivity index (χ1n) is 24.6. The van der Waals surface area contributed by atoms with Crippen molar-refractivity contribution >= 4 is 60.9 Å². The number of aryl methyl sites for hydroxylation is 3. The number of para-hydroxylation sites is 2. The van der Waals surface area contributed by atoms with Crippen LogP contribution in [0.25, 0.3) is 88.4 Å². The molecule has 334 valence electrons. The Morgan fingerprint density at radius 2 is 0.913 bits per heavy atom. The molecule has 0 atom stereocenters. The second-order valence-electron chi connectivity index (χ2n) is 21.9. The molecule has 0 amide bonds. The van der Waals surface area contributed by atoms with Gasteiger partial charge in [0.15, 0.2) is 0 Å². The zero-order valence-corrected chi connectivity index (χ0v) is 40.8. The van der Waals surface area contributed by atoms with Crippen LogP contribution in [0, 0.1) is 20.8 Å². The van der Waals surface area contributed by atoms with E-state index in [9.17, 15) is 0 Å². The van der Waals surface area contributed by atoms with Crippen LogP contribution in [-0.2, 0) is 16.2 Å². The Balaban J connectivity index is 0.992. The van der Waals surface area contributed by atoms with Gasteiger partial charge < -0.3 is 13.7 Å². The van der Waals surface area contributed by atoms with Crippen LogP contribution in [0.15, 0.2) is 167 Å². The molecule has 0 bridgehead atoms. The lowest BCUT2D eigenvalue weighted by molar-refractivity contribution is 0.600. The summed E-state index contributed by atoms with van der Waals surface area (Å²) >= 11 is 0. The molecule has 14 rings (SSSR count). The predicted molar refractivity (Wildman–Crippen MR) is 288 cm³/mol. The van der Waals surface area contributed by atoms with Crippen molar-refractivity contribution in [2.75, 3.05) is 4.90 Å². The van der Waals surface area contributed by atoms with Crippen LogP contribution in [0.3, 0.4) is 0 Å². The van der Waals surface area contributed by atoms with E-state index >= 15 is 0 Å². The van der Waals surface area contributed by atoms with Crippen LogP contribution in [0.2, 0.25) is 0 Å². The molecule has 0 unspecified atom stereocenters. The fraction of sp³-hybridized carbons (Fsp3) is 0.182. The second-order valence-corrected chi connectivity index (χ2v) is 21.9. The molecule has 2 aromatic heterocycles. The Morgan fingerprint density at radius 3 is 1.59 bits per heavy atom. The monoisotopic (exact) mass is 891 g/mol. The Bertz CT molecular complexity index is 4070. The molecule has 0 spiro atoms. The Morgan fingerprint density at radius 1 is 0.362 bits per heavy atom. The molecule has 3 aliphatic carbocycles. The Kier molecular flexibility index (Phi) is 7.94. The van der Waals surface area contributed by atoms with Crippen molar-refractivity contribution in [3.8, 4) is 44.5 Å². The van der Waals surface area contributed by atoms with Crippen molar-refractivity contribution in [2.45, 2.75) is 78.6 Å². The van der Waals surface area contributed by atoms with E-state index in [2.05, 4.69) is 225 Å². The fourth-order valence-electron chi connectivity index (χ4n) is 13.4. The molecule has 0 aliphatic heterocycles. The Labute approximate surface area is 403 Å². The molecule has 11 aromatic rings. The van der Waals surface area contributed by atoms with Gasteiger partial charge in [-0.3, -0.25) is 0 Å². The maximum absolute atomic E-state index is 7.05. The van der Waals surface area contributed by atoms with Gasteiger partial charge in [0.25, 0.3) is 0 Å². The van der Waals surface area contributed by atoms with Crippen molar-refractivity contribution in [1.29, 1.82) is 0 Å². The summed E-state index contributed by atoms with van der Waals surface area (Å²) in [5.41, 5.74) is 28.2. The van der Waals surface area contributed by atoms with Gasteiger partial charge >= 0.3 is 0 Å². The minimum Gasteiger partial charge on any atom is -0.455 e. The highest BCUT2D eigenvalue weighted by atomic mass is 16.3. The predicted octanol–water partition coefficient (Wildman–Crippen LogP) is 18.5. The third-order valence-electron chi connectivity index (χ3n) is 16.5. The summed E-state index contributed by atoms with van der Waals surface area (Å²) in [6, 6.07) is 58.9. The van der Waals surface area contributed by atoms with Gasteiger partial charge in [-0.1, -0.05) is 150 Å². The van der Waals surface area contributed by atoms with E-state index in [0.29, 0.717) is 0 Å².